The number of amides is 1. The summed E-state index contributed by atoms with van der Waals surface area (Å²) in [6, 6.07) is 20.3. The van der Waals surface area contributed by atoms with Crippen molar-refractivity contribution < 1.29 is 13.6 Å². The van der Waals surface area contributed by atoms with Crippen LogP contribution >= 0.6 is 11.6 Å². The maximum absolute atomic E-state index is 14.5. The summed E-state index contributed by atoms with van der Waals surface area (Å²) in [5.41, 5.74) is 2.69. The van der Waals surface area contributed by atoms with Gasteiger partial charge in [-0.2, -0.15) is 5.10 Å². The summed E-state index contributed by atoms with van der Waals surface area (Å²) in [6.45, 7) is 0.204. The predicted octanol–water partition coefficient (Wildman–Crippen LogP) is 5.38. The van der Waals surface area contributed by atoms with Crippen molar-refractivity contribution in [3.8, 4) is 22.5 Å². The van der Waals surface area contributed by atoms with Crippen LogP contribution in [0.15, 0.2) is 83.5 Å². The zero-order valence-electron chi connectivity index (χ0n) is 16.6. The van der Waals surface area contributed by atoms with E-state index in [1.165, 1.54) is 22.9 Å². The highest BCUT2D eigenvalue weighted by atomic mass is 35.5. The van der Waals surface area contributed by atoms with Gasteiger partial charge in [0.1, 0.15) is 17.3 Å². The van der Waals surface area contributed by atoms with E-state index < -0.39 is 11.7 Å². The minimum absolute atomic E-state index is 0.204. The van der Waals surface area contributed by atoms with E-state index in [0.717, 1.165) is 5.56 Å². The van der Waals surface area contributed by atoms with Crippen LogP contribution < -0.4 is 5.32 Å². The minimum atomic E-state index is -0.427. The van der Waals surface area contributed by atoms with Crippen LogP contribution in [-0.2, 0) is 6.54 Å². The summed E-state index contributed by atoms with van der Waals surface area (Å²) in [4.78, 5) is 17.6. The molecule has 0 saturated heterocycles. The molecule has 3 heterocycles. The molecule has 2 aromatic carbocycles. The van der Waals surface area contributed by atoms with Gasteiger partial charge >= 0.3 is 0 Å². The van der Waals surface area contributed by atoms with Crippen LogP contribution in [0.25, 0.3) is 28.2 Å². The molecule has 0 spiro atoms. The molecule has 0 fully saturated rings. The van der Waals surface area contributed by atoms with Gasteiger partial charge in [-0.1, -0.05) is 35.9 Å². The lowest BCUT2D eigenvalue weighted by Crippen LogP contribution is -2.25. The van der Waals surface area contributed by atoms with Crippen molar-refractivity contribution in [2.45, 2.75) is 6.54 Å². The Labute approximate surface area is 187 Å². The fourth-order valence-electron chi connectivity index (χ4n) is 3.38. The van der Waals surface area contributed by atoms with Crippen LogP contribution in [-0.4, -0.2) is 20.5 Å². The summed E-state index contributed by atoms with van der Waals surface area (Å²) < 4.78 is 21.2. The standard InChI is InChI=1S/C24H16ClFN4O2/c25-16-9-7-15(8-10-16)20-13-23-28-21(18-5-1-2-6-19(18)26)12-22(30(23)29-20)24(31)27-14-17-4-3-11-32-17/h1-13H,14H2,(H,27,31). The largest absolute Gasteiger partial charge is 0.467 e. The van der Waals surface area contributed by atoms with Crippen LogP contribution in [0.1, 0.15) is 16.2 Å². The Balaban J connectivity index is 1.62. The Hall–Kier alpha value is -3.97. The molecule has 8 heteroatoms. The lowest BCUT2D eigenvalue weighted by Gasteiger charge is -2.09. The number of halogens is 2. The zero-order valence-corrected chi connectivity index (χ0v) is 17.4. The number of carbonyl (C=O) groups excluding carboxylic acids is 1. The SMILES string of the molecule is O=C(NCc1ccco1)c1cc(-c2ccccc2F)nc2cc(-c3ccc(Cl)cc3)nn12. The first-order chi connectivity index (χ1) is 15.6. The molecule has 0 radical (unpaired) electrons. The number of furan rings is 1. The van der Waals surface area contributed by atoms with Crippen molar-refractivity contribution in [1.82, 2.24) is 19.9 Å². The molecule has 0 aliphatic heterocycles. The molecule has 1 amide bonds. The second-order valence-corrected chi connectivity index (χ2v) is 7.51. The Morgan fingerprint density at radius 1 is 1.03 bits per heavy atom. The van der Waals surface area contributed by atoms with E-state index in [9.17, 15) is 9.18 Å². The Bertz CT molecular complexity index is 1410. The summed E-state index contributed by atoms with van der Waals surface area (Å²) in [7, 11) is 0. The lowest BCUT2D eigenvalue weighted by atomic mass is 10.1. The van der Waals surface area contributed by atoms with Crippen LogP contribution in [0.3, 0.4) is 0 Å². The third-order valence-electron chi connectivity index (χ3n) is 4.95. The topological polar surface area (TPSA) is 72.4 Å². The van der Waals surface area contributed by atoms with Gasteiger partial charge < -0.3 is 9.73 Å². The minimum Gasteiger partial charge on any atom is -0.467 e. The molecule has 5 aromatic rings. The number of aromatic nitrogens is 3. The van der Waals surface area contributed by atoms with Crippen LogP contribution in [0.4, 0.5) is 4.39 Å². The van der Waals surface area contributed by atoms with Gasteiger partial charge in [0, 0.05) is 22.2 Å². The summed E-state index contributed by atoms with van der Waals surface area (Å²) in [6.07, 6.45) is 1.54. The number of nitrogens with one attached hydrogen (secondary N) is 1. The Morgan fingerprint density at radius 2 is 1.84 bits per heavy atom. The normalized spacial score (nSPS) is 11.1. The molecule has 0 atom stereocenters. The second kappa shape index (κ2) is 8.28. The highest BCUT2D eigenvalue weighted by Crippen LogP contribution is 2.26. The van der Waals surface area contributed by atoms with Crippen LogP contribution in [0.5, 0.6) is 0 Å². The van der Waals surface area contributed by atoms with E-state index in [2.05, 4.69) is 15.4 Å². The fraction of sp³-hybridized carbons (Fsp3) is 0.0417. The molecule has 3 aromatic heterocycles. The molecule has 6 nitrogen and oxygen atoms in total. The molecule has 0 aliphatic carbocycles. The molecule has 5 rings (SSSR count). The molecule has 0 aliphatic rings. The van der Waals surface area contributed by atoms with E-state index in [4.69, 9.17) is 16.0 Å². The Morgan fingerprint density at radius 3 is 2.59 bits per heavy atom. The monoisotopic (exact) mass is 446 g/mol. The average molecular weight is 447 g/mol. The van der Waals surface area contributed by atoms with Crippen molar-refractivity contribution in [2.24, 2.45) is 0 Å². The molecule has 32 heavy (non-hydrogen) atoms. The van der Waals surface area contributed by atoms with E-state index in [-0.39, 0.29) is 12.2 Å². The lowest BCUT2D eigenvalue weighted by molar-refractivity contribution is 0.0940. The van der Waals surface area contributed by atoms with Crippen LogP contribution in [0, 0.1) is 5.82 Å². The fourth-order valence-corrected chi connectivity index (χ4v) is 3.50. The van der Waals surface area contributed by atoms with E-state index in [0.29, 0.717) is 33.4 Å². The quantitative estimate of drug-likeness (QED) is 0.393. The van der Waals surface area contributed by atoms with Gasteiger partial charge in [0.15, 0.2) is 5.65 Å². The third kappa shape index (κ3) is 3.86. The maximum atomic E-state index is 14.5. The molecular weight excluding hydrogens is 431 g/mol. The smallest absolute Gasteiger partial charge is 0.270 e. The molecule has 0 saturated carbocycles. The number of hydrogen-bond donors (Lipinski definition) is 1. The van der Waals surface area contributed by atoms with E-state index in [1.54, 1.807) is 48.5 Å². The third-order valence-corrected chi connectivity index (χ3v) is 5.20. The van der Waals surface area contributed by atoms with Crippen molar-refractivity contribution in [2.75, 3.05) is 0 Å². The first kappa shape index (κ1) is 20.0. The first-order valence-corrected chi connectivity index (χ1v) is 10.2. The van der Waals surface area contributed by atoms with Gasteiger partial charge in [-0.05, 0) is 42.5 Å². The molecule has 0 unspecified atom stereocenters. The summed E-state index contributed by atoms with van der Waals surface area (Å²) in [5.74, 6) is -0.207. The van der Waals surface area contributed by atoms with Crippen molar-refractivity contribution in [3.63, 3.8) is 0 Å². The van der Waals surface area contributed by atoms with Crippen molar-refractivity contribution in [3.05, 3.63) is 101 Å². The first-order valence-electron chi connectivity index (χ1n) is 9.81. The average Bonchev–Trinajstić information content (AvgIpc) is 3.47. The number of rotatable bonds is 5. The van der Waals surface area contributed by atoms with Crippen molar-refractivity contribution in [1.29, 1.82) is 0 Å². The number of benzene rings is 2. The number of fused-ring (bicyclic) bond motifs is 1. The molecule has 1 N–H and O–H groups in total. The van der Waals surface area contributed by atoms with E-state index >= 15 is 0 Å². The van der Waals surface area contributed by atoms with E-state index in [1.807, 2.05) is 12.1 Å². The van der Waals surface area contributed by atoms with Gasteiger partial charge in [0.25, 0.3) is 5.91 Å². The number of carbonyl (C=O) groups is 1. The Kier molecular flexibility index (Phi) is 5.17. The van der Waals surface area contributed by atoms with Gasteiger partial charge in [0.05, 0.1) is 24.2 Å². The van der Waals surface area contributed by atoms with Gasteiger partial charge in [0.2, 0.25) is 0 Å². The summed E-state index contributed by atoms with van der Waals surface area (Å²) in [5, 5.41) is 7.99. The number of hydrogen-bond acceptors (Lipinski definition) is 4. The second-order valence-electron chi connectivity index (χ2n) is 7.07. The van der Waals surface area contributed by atoms with Gasteiger partial charge in [-0.15, -0.1) is 0 Å². The molecule has 158 valence electrons. The number of nitrogens with zero attached hydrogens (tertiary/aromatic N) is 3. The summed E-state index contributed by atoms with van der Waals surface area (Å²) >= 11 is 5.99. The maximum Gasteiger partial charge on any atom is 0.270 e. The van der Waals surface area contributed by atoms with Gasteiger partial charge in [-0.25, -0.2) is 13.9 Å². The van der Waals surface area contributed by atoms with Gasteiger partial charge in [-0.3, -0.25) is 4.79 Å². The highest BCUT2D eigenvalue weighted by molar-refractivity contribution is 6.30. The molecule has 0 bridgehead atoms. The van der Waals surface area contributed by atoms with Crippen molar-refractivity contribution >= 4 is 23.2 Å². The zero-order chi connectivity index (χ0) is 22.1. The highest BCUT2D eigenvalue weighted by Gasteiger charge is 2.18. The predicted molar refractivity (Wildman–Crippen MR) is 119 cm³/mol. The molecular formula is C24H16ClFN4O2. The van der Waals surface area contributed by atoms with Crippen LogP contribution in [0.2, 0.25) is 5.02 Å².